The molecule has 0 bridgehead atoms. The van der Waals surface area contributed by atoms with E-state index in [0.29, 0.717) is 6.42 Å². The van der Waals surface area contributed by atoms with Crippen LogP contribution < -0.4 is 0 Å². The summed E-state index contributed by atoms with van der Waals surface area (Å²) in [5, 5.41) is 0. The maximum atomic E-state index is 10.7. The number of hydrogen-bond acceptors (Lipinski definition) is 2. The summed E-state index contributed by atoms with van der Waals surface area (Å²) in [6, 6.07) is 0. The molecule has 0 fully saturated rings. The van der Waals surface area contributed by atoms with Crippen LogP contribution in [0.1, 0.15) is 13.3 Å². The van der Waals surface area contributed by atoms with Crippen LogP contribution in [-0.2, 0) is 9.53 Å². The van der Waals surface area contributed by atoms with E-state index in [9.17, 15) is 4.79 Å². The molecule has 3 heteroatoms. The SMILES string of the molecule is COC(=O)C(C)CC=CCl. The first-order chi connectivity index (χ1) is 4.72. The molecule has 10 heavy (non-hydrogen) atoms. The predicted molar refractivity (Wildman–Crippen MR) is 40.8 cm³/mol. The molecule has 0 heterocycles. The molecular formula is C7H11ClO2. The van der Waals surface area contributed by atoms with Crippen LogP contribution in [0, 0.1) is 5.92 Å². The Morgan fingerprint density at radius 1 is 1.80 bits per heavy atom. The van der Waals surface area contributed by atoms with Crippen molar-refractivity contribution < 1.29 is 9.53 Å². The second kappa shape index (κ2) is 5.30. The molecule has 0 radical (unpaired) electrons. The number of carbonyl (C=O) groups is 1. The van der Waals surface area contributed by atoms with Gasteiger partial charge in [-0.1, -0.05) is 24.6 Å². The number of halogens is 1. The van der Waals surface area contributed by atoms with Gasteiger partial charge in [-0.3, -0.25) is 4.79 Å². The van der Waals surface area contributed by atoms with Gasteiger partial charge in [-0.2, -0.15) is 0 Å². The summed E-state index contributed by atoms with van der Waals surface area (Å²) in [5.74, 6) is -0.297. The molecule has 58 valence electrons. The van der Waals surface area contributed by atoms with Gasteiger partial charge in [-0.25, -0.2) is 0 Å². The Morgan fingerprint density at radius 3 is 2.80 bits per heavy atom. The number of carbonyl (C=O) groups excluding carboxylic acids is 1. The Kier molecular flexibility index (Phi) is 5.03. The monoisotopic (exact) mass is 162 g/mol. The number of esters is 1. The van der Waals surface area contributed by atoms with Crippen molar-refractivity contribution in [2.75, 3.05) is 7.11 Å². The average molecular weight is 163 g/mol. The summed E-state index contributed by atoms with van der Waals surface area (Å²) < 4.78 is 4.49. The Morgan fingerprint density at radius 2 is 2.40 bits per heavy atom. The molecule has 0 saturated carbocycles. The highest BCUT2D eigenvalue weighted by Crippen LogP contribution is 2.04. The minimum Gasteiger partial charge on any atom is -0.469 e. The fraction of sp³-hybridized carbons (Fsp3) is 0.571. The molecule has 0 aliphatic heterocycles. The number of ether oxygens (including phenoxy) is 1. The van der Waals surface area contributed by atoms with Crippen molar-refractivity contribution in [2.24, 2.45) is 5.92 Å². The minimum absolute atomic E-state index is 0.0972. The minimum atomic E-state index is -0.199. The van der Waals surface area contributed by atoms with Gasteiger partial charge in [0.2, 0.25) is 0 Å². The first kappa shape index (κ1) is 9.50. The Bertz CT molecular complexity index is 132. The lowest BCUT2D eigenvalue weighted by Crippen LogP contribution is -2.11. The van der Waals surface area contributed by atoms with Crippen LogP contribution in [0.25, 0.3) is 0 Å². The van der Waals surface area contributed by atoms with Crippen molar-refractivity contribution in [1.29, 1.82) is 0 Å². The fourth-order valence-corrected chi connectivity index (χ4v) is 0.656. The molecule has 0 aromatic rings. The summed E-state index contributed by atoms with van der Waals surface area (Å²) in [6.07, 6.45) is 2.36. The molecule has 1 unspecified atom stereocenters. The summed E-state index contributed by atoms with van der Waals surface area (Å²) >= 11 is 5.26. The predicted octanol–water partition coefficient (Wildman–Crippen LogP) is 1.94. The number of rotatable bonds is 3. The van der Waals surface area contributed by atoms with Crippen molar-refractivity contribution in [2.45, 2.75) is 13.3 Å². The molecule has 0 saturated heterocycles. The van der Waals surface area contributed by atoms with E-state index in [4.69, 9.17) is 11.6 Å². The van der Waals surface area contributed by atoms with Gasteiger partial charge in [0.05, 0.1) is 13.0 Å². The van der Waals surface area contributed by atoms with Gasteiger partial charge < -0.3 is 4.74 Å². The van der Waals surface area contributed by atoms with E-state index in [2.05, 4.69) is 4.74 Å². The Hall–Kier alpha value is -0.500. The molecule has 0 amide bonds. The normalized spacial score (nSPS) is 13.5. The van der Waals surface area contributed by atoms with Crippen LogP contribution in [0.4, 0.5) is 0 Å². The number of allylic oxidation sites excluding steroid dienone is 1. The van der Waals surface area contributed by atoms with Crippen LogP contribution in [0.15, 0.2) is 11.6 Å². The molecule has 1 atom stereocenters. The molecule has 0 aliphatic rings. The van der Waals surface area contributed by atoms with E-state index in [-0.39, 0.29) is 11.9 Å². The average Bonchev–Trinajstić information content (AvgIpc) is 1.98. The molecule has 0 rings (SSSR count). The molecule has 0 aromatic carbocycles. The summed E-state index contributed by atoms with van der Waals surface area (Å²) in [5.41, 5.74) is 1.40. The summed E-state index contributed by atoms with van der Waals surface area (Å²) in [7, 11) is 1.38. The van der Waals surface area contributed by atoms with Crippen LogP contribution in [0.3, 0.4) is 0 Å². The van der Waals surface area contributed by atoms with Crippen LogP contribution in [0.5, 0.6) is 0 Å². The van der Waals surface area contributed by atoms with E-state index in [0.717, 1.165) is 0 Å². The second-order valence-corrected chi connectivity index (χ2v) is 2.27. The lowest BCUT2D eigenvalue weighted by molar-refractivity contribution is -0.144. The first-order valence-corrected chi connectivity index (χ1v) is 3.49. The van der Waals surface area contributed by atoms with Crippen LogP contribution >= 0.6 is 11.6 Å². The van der Waals surface area contributed by atoms with Gasteiger partial charge in [-0.15, -0.1) is 0 Å². The highest BCUT2D eigenvalue weighted by Gasteiger charge is 2.09. The third-order valence-corrected chi connectivity index (χ3v) is 1.36. The second-order valence-electron chi connectivity index (χ2n) is 2.02. The molecule has 0 N–H and O–H groups in total. The number of methoxy groups -OCH3 is 1. The fourth-order valence-electron chi connectivity index (χ4n) is 0.553. The maximum absolute atomic E-state index is 10.7. The van der Waals surface area contributed by atoms with E-state index >= 15 is 0 Å². The van der Waals surface area contributed by atoms with Crippen LogP contribution in [0.2, 0.25) is 0 Å². The highest BCUT2D eigenvalue weighted by molar-refractivity contribution is 6.25. The van der Waals surface area contributed by atoms with Gasteiger partial charge >= 0.3 is 5.97 Å². The lowest BCUT2D eigenvalue weighted by Gasteiger charge is -2.03. The smallest absolute Gasteiger partial charge is 0.308 e. The quantitative estimate of drug-likeness (QED) is 0.593. The summed E-state index contributed by atoms with van der Waals surface area (Å²) in [4.78, 5) is 10.7. The van der Waals surface area contributed by atoms with E-state index in [1.165, 1.54) is 12.6 Å². The zero-order chi connectivity index (χ0) is 7.98. The van der Waals surface area contributed by atoms with Gasteiger partial charge in [0, 0.05) is 5.54 Å². The molecule has 0 aromatic heterocycles. The topological polar surface area (TPSA) is 26.3 Å². The van der Waals surface area contributed by atoms with E-state index in [1.54, 1.807) is 13.0 Å². The van der Waals surface area contributed by atoms with Crippen LogP contribution in [-0.4, -0.2) is 13.1 Å². The van der Waals surface area contributed by atoms with E-state index in [1.807, 2.05) is 0 Å². The molecule has 0 spiro atoms. The van der Waals surface area contributed by atoms with Gasteiger partial charge in [0.15, 0.2) is 0 Å². The Labute approximate surface area is 65.8 Å². The molecule has 0 aliphatic carbocycles. The van der Waals surface area contributed by atoms with Gasteiger partial charge in [-0.05, 0) is 6.42 Å². The van der Waals surface area contributed by atoms with Gasteiger partial charge in [0.25, 0.3) is 0 Å². The lowest BCUT2D eigenvalue weighted by atomic mass is 10.1. The highest BCUT2D eigenvalue weighted by atomic mass is 35.5. The standard InChI is InChI=1S/C7H11ClO2/c1-6(4-3-5-8)7(9)10-2/h3,5-6H,4H2,1-2H3. The van der Waals surface area contributed by atoms with Crippen molar-refractivity contribution in [3.8, 4) is 0 Å². The third kappa shape index (κ3) is 3.51. The first-order valence-electron chi connectivity index (χ1n) is 3.05. The van der Waals surface area contributed by atoms with Crippen molar-refractivity contribution in [1.82, 2.24) is 0 Å². The van der Waals surface area contributed by atoms with Gasteiger partial charge in [0.1, 0.15) is 0 Å². The Balaban J connectivity index is 3.61. The number of hydrogen-bond donors (Lipinski definition) is 0. The molecular weight excluding hydrogens is 152 g/mol. The third-order valence-electron chi connectivity index (χ3n) is 1.18. The zero-order valence-electron chi connectivity index (χ0n) is 6.13. The van der Waals surface area contributed by atoms with Crippen molar-refractivity contribution in [3.63, 3.8) is 0 Å². The van der Waals surface area contributed by atoms with Crippen molar-refractivity contribution in [3.05, 3.63) is 11.6 Å². The van der Waals surface area contributed by atoms with E-state index < -0.39 is 0 Å². The zero-order valence-corrected chi connectivity index (χ0v) is 6.89. The van der Waals surface area contributed by atoms with Crippen molar-refractivity contribution >= 4 is 17.6 Å². The maximum Gasteiger partial charge on any atom is 0.308 e. The summed E-state index contributed by atoms with van der Waals surface area (Å²) in [6.45, 7) is 1.79. The molecule has 2 nitrogen and oxygen atoms in total. The largest absolute Gasteiger partial charge is 0.469 e.